The molecule has 1 aliphatic heterocycles. The van der Waals surface area contributed by atoms with E-state index in [0.29, 0.717) is 5.69 Å². The minimum atomic E-state index is -0.153. The van der Waals surface area contributed by atoms with E-state index in [-0.39, 0.29) is 5.91 Å². The number of amides is 1. The standard InChI is InChI=1S/C19H22N4O2/c24-19(18-16-3-1-2-4-17(16)20-13-21-18)22-14-5-7-15(8-6-14)23-9-11-25-12-10-23/h5-8,13H,1-4,9-12H2,(H,22,24). The van der Waals surface area contributed by atoms with Crippen LogP contribution in [0.15, 0.2) is 30.6 Å². The van der Waals surface area contributed by atoms with Crippen LogP contribution in [-0.4, -0.2) is 42.2 Å². The summed E-state index contributed by atoms with van der Waals surface area (Å²) in [6.45, 7) is 3.33. The van der Waals surface area contributed by atoms with Gasteiger partial charge in [-0.3, -0.25) is 4.79 Å². The number of nitrogens with zero attached hydrogens (tertiary/aromatic N) is 3. The van der Waals surface area contributed by atoms with Crippen LogP contribution >= 0.6 is 0 Å². The van der Waals surface area contributed by atoms with E-state index in [4.69, 9.17) is 4.74 Å². The van der Waals surface area contributed by atoms with Gasteiger partial charge in [-0.15, -0.1) is 0 Å². The number of aromatic nitrogens is 2. The van der Waals surface area contributed by atoms with Gasteiger partial charge in [-0.25, -0.2) is 9.97 Å². The number of ether oxygens (including phenoxy) is 1. The van der Waals surface area contributed by atoms with Crippen molar-refractivity contribution >= 4 is 17.3 Å². The first-order valence-corrected chi connectivity index (χ1v) is 8.88. The molecule has 6 nitrogen and oxygen atoms in total. The smallest absolute Gasteiger partial charge is 0.274 e. The second kappa shape index (κ2) is 7.19. The Kier molecular flexibility index (Phi) is 4.61. The number of hydrogen-bond acceptors (Lipinski definition) is 5. The molecule has 1 saturated heterocycles. The van der Waals surface area contributed by atoms with E-state index >= 15 is 0 Å². The molecule has 2 heterocycles. The molecule has 1 aliphatic carbocycles. The maximum Gasteiger partial charge on any atom is 0.274 e. The van der Waals surface area contributed by atoms with Crippen LogP contribution in [0.5, 0.6) is 0 Å². The Morgan fingerprint density at radius 2 is 1.80 bits per heavy atom. The molecule has 0 spiro atoms. The van der Waals surface area contributed by atoms with Gasteiger partial charge in [-0.05, 0) is 49.9 Å². The maximum atomic E-state index is 12.6. The normalized spacial score (nSPS) is 17.0. The van der Waals surface area contributed by atoms with Gasteiger partial charge >= 0.3 is 0 Å². The van der Waals surface area contributed by atoms with Crippen LogP contribution in [0.3, 0.4) is 0 Å². The molecule has 0 bridgehead atoms. The molecule has 0 radical (unpaired) electrons. The van der Waals surface area contributed by atoms with Crippen molar-refractivity contribution in [3.63, 3.8) is 0 Å². The average Bonchev–Trinajstić information content (AvgIpc) is 2.69. The molecule has 130 valence electrons. The van der Waals surface area contributed by atoms with Crippen LogP contribution in [0.25, 0.3) is 0 Å². The van der Waals surface area contributed by atoms with Crippen molar-refractivity contribution in [2.75, 3.05) is 36.5 Å². The molecule has 2 aromatic rings. The largest absolute Gasteiger partial charge is 0.378 e. The molecular formula is C19H22N4O2. The van der Waals surface area contributed by atoms with Gasteiger partial charge in [0.1, 0.15) is 12.0 Å². The Labute approximate surface area is 147 Å². The quantitative estimate of drug-likeness (QED) is 0.931. The van der Waals surface area contributed by atoms with Crippen LogP contribution < -0.4 is 10.2 Å². The Balaban J connectivity index is 1.48. The molecular weight excluding hydrogens is 316 g/mol. The van der Waals surface area contributed by atoms with E-state index < -0.39 is 0 Å². The van der Waals surface area contributed by atoms with E-state index in [1.54, 1.807) is 0 Å². The van der Waals surface area contributed by atoms with Crippen molar-refractivity contribution in [2.24, 2.45) is 0 Å². The van der Waals surface area contributed by atoms with E-state index in [2.05, 4.69) is 20.2 Å². The predicted molar refractivity (Wildman–Crippen MR) is 96.1 cm³/mol. The van der Waals surface area contributed by atoms with Gasteiger partial charge in [0.2, 0.25) is 0 Å². The number of benzene rings is 1. The lowest BCUT2D eigenvalue weighted by Crippen LogP contribution is -2.36. The Morgan fingerprint density at radius 3 is 2.60 bits per heavy atom. The van der Waals surface area contributed by atoms with Gasteiger partial charge in [-0.1, -0.05) is 0 Å². The van der Waals surface area contributed by atoms with Crippen molar-refractivity contribution in [1.29, 1.82) is 0 Å². The lowest BCUT2D eigenvalue weighted by Gasteiger charge is -2.28. The van der Waals surface area contributed by atoms with Gasteiger partial charge in [0, 0.05) is 35.7 Å². The molecule has 6 heteroatoms. The van der Waals surface area contributed by atoms with Crippen molar-refractivity contribution in [2.45, 2.75) is 25.7 Å². The van der Waals surface area contributed by atoms with Crippen LogP contribution in [-0.2, 0) is 17.6 Å². The number of aryl methyl sites for hydroxylation is 1. The highest BCUT2D eigenvalue weighted by Crippen LogP contribution is 2.23. The molecule has 2 aliphatic rings. The minimum absolute atomic E-state index is 0.153. The first-order valence-electron chi connectivity index (χ1n) is 8.88. The van der Waals surface area contributed by atoms with E-state index in [9.17, 15) is 4.79 Å². The van der Waals surface area contributed by atoms with Crippen LogP contribution in [0.2, 0.25) is 0 Å². The first kappa shape index (κ1) is 16.0. The van der Waals surface area contributed by atoms with Crippen LogP contribution in [0.1, 0.15) is 34.6 Å². The maximum absolute atomic E-state index is 12.6. The van der Waals surface area contributed by atoms with Gasteiger partial charge < -0.3 is 15.0 Å². The Hall–Kier alpha value is -2.47. The Bertz CT molecular complexity index is 755. The third-order valence-corrected chi connectivity index (χ3v) is 4.84. The lowest BCUT2D eigenvalue weighted by atomic mass is 9.94. The molecule has 1 amide bonds. The molecule has 4 rings (SSSR count). The zero-order valence-electron chi connectivity index (χ0n) is 14.2. The predicted octanol–water partition coefficient (Wildman–Crippen LogP) is 2.44. The van der Waals surface area contributed by atoms with E-state index in [1.165, 1.54) is 6.33 Å². The molecule has 0 unspecified atom stereocenters. The average molecular weight is 338 g/mol. The fourth-order valence-electron chi connectivity index (χ4n) is 3.48. The van der Waals surface area contributed by atoms with Crippen molar-refractivity contribution in [3.8, 4) is 0 Å². The summed E-state index contributed by atoms with van der Waals surface area (Å²) in [5.41, 5.74) is 4.48. The second-order valence-electron chi connectivity index (χ2n) is 6.46. The topological polar surface area (TPSA) is 67.4 Å². The number of anilines is 2. The summed E-state index contributed by atoms with van der Waals surface area (Å²) in [6, 6.07) is 7.96. The number of hydrogen-bond donors (Lipinski definition) is 1. The summed E-state index contributed by atoms with van der Waals surface area (Å²) in [6.07, 6.45) is 5.55. The minimum Gasteiger partial charge on any atom is -0.378 e. The zero-order chi connectivity index (χ0) is 17.1. The van der Waals surface area contributed by atoms with Crippen LogP contribution in [0, 0.1) is 0 Å². The monoisotopic (exact) mass is 338 g/mol. The SMILES string of the molecule is O=C(Nc1ccc(N2CCOCC2)cc1)c1ncnc2c1CCCC2. The summed E-state index contributed by atoms with van der Waals surface area (Å²) in [4.78, 5) is 23.5. The molecule has 1 aromatic heterocycles. The summed E-state index contributed by atoms with van der Waals surface area (Å²) < 4.78 is 5.38. The number of fused-ring (bicyclic) bond motifs is 1. The van der Waals surface area contributed by atoms with Gasteiger partial charge in [0.05, 0.1) is 13.2 Å². The van der Waals surface area contributed by atoms with Crippen molar-refractivity contribution in [1.82, 2.24) is 9.97 Å². The Morgan fingerprint density at radius 1 is 1.04 bits per heavy atom. The molecule has 0 atom stereocenters. The zero-order valence-corrected chi connectivity index (χ0v) is 14.2. The highest BCUT2D eigenvalue weighted by atomic mass is 16.5. The third-order valence-electron chi connectivity index (χ3n) is 4.84. The van der Waals surface area contributed by atoms with Gasteiger partial charge in [-0.2, -0.15) is 0 Å². The number of rotatable bonds is 3. The van der Waals surface area contributed by atoms with E-state index in [0.717, 1.165) is 74.6 Å². The van der Waals surface area contributed by atoms with E-state index in [1.807, 2.05) is 24.3 Å². The fraction of sp³-hybridized carbons (Fsp3) is 0.421. The second-order valence-corrected chi connectivity index (χ2v) is 6.46. The molecule has 1 fully saturated rings. The molecule has 0 saturated carbocycles. The van der Waals surface area contributed by atoms with Crippen LogP contribution in [0.4, 0.5) is 11.4 Å². The number of nitrogens with one attached hydrogen (secondary N) is 1. The first-order chi connectivity index (χ1) is 12.3. The molecule has 1 aromatic carbocycles. The fourth-order valence-corrected chi connectivity index (χ4v) is 3.48. The summed E-state index contributed by atoms with van der Waals surface area (Å²) in [5, 5.41) is 2.97. The summed E-state index contributed by atoms with van der Waals surface area (Å²) in [5.74, 6) is -0.153. The molecule has 1 N–H and O–H groups in total. The van der Waals surface area contributed by atoms with Crippen molar-refractivity contribution in [3.05, 3.63) is 47.5 Å². The van der Waals surface area contributed by atoms with Gasteiger partial charge in [0.25, 0.3) is 5.91 Å². The van der Waals surface area contributed by atoms with Gasteiger partial charge in [0.15, 0.2) is 0 Å². The van der Waals surface area contributed by atoms with Crippen molar-refractivity contribution < 1.29 is 9.53 Å². The molecule has 25 heavy (non-hydrogen) atoms. The third kappa shape index (κ3) is 3.49. The summed E-state index contributed by atoms with van der Waals surface area (Å²) in [7, 11) is 0. The number of morpholine rings is 1. The summed E-state index contributed by atoms with van der Waals surface area (Å²) >= 11 is 0. The number of carbonyl (C=O) groups is 1. The highest BCUT2D eigenvalue weighted by molar-refractivity contribution is 6.04. The number of carbonyl (C=O) groups excluding carboxylic acids is 1. The lowest BCUT2D eigenvalue weighted by molar-refractivity contribution is 0.102. The highest BCUT2D eigenvalue weighted by Gasteiger charge is 2.20.